The highest BCUT2D eigenvalue weighted by molar-refractivity contribution is 5.36. The van der Waals surface area contributed by atoms with Crippen molar-refractivity contribution in [3.63, 3.8) is 0 Å². The highest BCUT2D eigenvalue weighted by Crippen LogP contribution is 2.88. The molecule has 0 radical (unpaired) electrons. The van der Waals surface area contributed by atoms with E-state index >= 15 is 0 Å². The van der Waals surface area contributed by atoms with Crippen LogP contribution in [0.2, 0.25) is 0 Å². The Morgan fingerprint density at radius 1 is 1.29 bits per heavy atom. The van der Waals surface area contributed by atoms with Crippen LogP contribution in [0.4, 0.5) is 0 Å². The second-order valence-corrected chi connectivity index (χ2v) is 6.85. The first-order chi connectivity index (χ1) is 6.37. The second kappa shape index (κ2) is 1.93. The quantitative estimate of drug-likeness (QED) is 0.563. The van der Waals surface area contributed by atoms with E-state index in [1.807, 2.05) is 0 Å². The fraction of sp³-hybridized carbons (Fsp3) is 1.00. The van der Waals surface area contributed by atoms with Gasteiger partial charge in [-0.2, -0.15) is 0 Å². The molecule has 80 valence electrons. The maximum Gasteiger partial charge on any atom is 0.119 e. The molecule has 1 spiro atoms. The molecule has 0 N–H and O–H groups in total. The van der Waals surface area contributed by atoms with Crippen LogP contribution in [0.5, 0.6) is 0 Å². The minimum absolute atomic E-state index is 0.603. The van der Waals surface area contributed by atoms with Crippen LogP contribution >= 0.6 is 0 Å². The lowest BCUT2D eigenvalue weighted by Gasteiger charge is -2.57. The van der Waals surface area contributed by atoms with Crippen LogP contribution in [-0.4, -0.2) is 30.2 Å². The van der Waals surface area contributed by atoms with Crippen molar-refractivity contribution >= 4 is 0 Å². The lowest BCUT2D eigenvalue weighted by molar-refractivity contribution is -0.999. The van der Waals surface area contributed by atoms with Crippen molar-refractivity contribution < 1.29 is 4.48 Å². The second-order valence-electron chi connectivity index (χ2n) is 6.85. The first kappa shape index (κ1) is 9.21. The molecule has 1 heterocycles. The summed E-state index contributed by atoms with van der Waals surface area (Å²) >= 11 is 0. The normalized spacial score (nSPS) is 62.8. The number of likely N-dealkylation sites (tertiary alicyclic amines) is 1. The van der Waals surface area contributed by atoms with Crippen molar-refractivity contribution in [3.8, 4) is 0 Å². The topological polar surface area (TPSA) is 0 Å². The summed E-state index contributed by atoms with van der Waals surface area (Å²) in [5.41, 5.74) is 1.94. The summed E-state index contributed by atoms with van der Waals surface area (Å²) in [7, 11) is 2.49. The van der Waals surface area contributed by atoms with Gasteiger partial charge in [-0.05, 0) is 19.8 Å². The summed E-state index contributed by atoms with van der Waals surface area (Å²) in [6.07, 6.45) is 2.99. The highest BCUT2D eigenvalue weighted by Gasteiger charge is 2.96. The largest absolute Gasteiger partial charge is 0.320 e. The molecule has 4 atom stereocenters. The average molecular weight is 194 g/mol. The van der Waals surface area contributed by atoms with Gasteiger partial charge in [0.15, 0.2) is 0 Å². The Morgan fingerprint density at radius 3 is 2.36 bits per heavy atom. The van der Waals surface area contributed by atoms with Crippen LogP contribution in [0.25, 0.3) is 0 Å². The van der Waals surface area contributed by atoms with E-state index in [4.69, 9.17) is 0 Å². The molecule has 2 saturated carbocycles. The van der Waals surface area contributed by atoms with Crippen LogP contribution in [0.1, 0.15) is 40.5 Å². The summed E-state index contributed by atoms with van der Waals surface area (Å²) < 4.78 is 1.36. The zero-order chi connectivity index (χ0) is 10.4. The SMILES string of the molecule is CC[N+]1(C)CC2CCC3(C)C(C)(C)C231. The third kappa shape index (κ3) is 0.493. The molecule has 3 rings (SSSR count). The fourth-order valence-electron chi connectivity index (χ4n) is 6.16. The molecule has 1 heteroatoms. The molecule has 0 bridgehead atoms. The van der Waals surface area contributed by atoms with Gasteiger partial charge in [-0.1, -0.05) is 20.8 Å². The summed E-state index contributed by atoms with van der Waals surface area (Å²) in [5.74, 6) is 1.05. The zero-order valence-corrected chi connectivity index (χ0v) is 10.4. The highest BCUT2D eigenvalue weighted by atomic mass is 15.5. The van der Waals surface area contributed by atoms with Crippen LogP contribution in [0.3, 0.4) is 0 Å². The van der Waals surface area contributed by atoms with Gasteiger partial charge in [-0.15, -0.1) is 0 Å². The number of hydrogen-bond acceptors (Lipinski definition) is 0. The first-order valence-corrected chi connectivity index (χ1v) is 6.22. The van der Waals surface area contributed by atoms with Crippen molar-refractivity contribution in [2.45, 2.75) is 46.1 Å². The molecule has 4 unspecified atom stereocenters. The molecule has 0 aromatic rings. The summed E-state index contributed by atoms with van der Waals surface area (Å²) in [5, 5.41) is 0. The van der Waals surface area contributed by atoms with Gasteiger partial charge in [0.05, 0.1) is 26.1 Å². The van der Waals surface area contributed by atoms with Gasteiger partial charge >= 0.3 is 0 Å². The van der Waals surface area contributed by atoms with Crippen LogP contribution < -0.4 is 0 Å². The molecule has 0 aromatic carbocycles. The van der Waals surface area contributed by atoms with E-state index in [2.05, 4.69) is 34.7 Å². The van der Waals surface area contributed by atoms with Gasteiger partial charge in [0.2, 0.25) is 0 Å². The Bertz CT molecular complexity index is 308. The van der Waals surface area contributed by atoms with E-state index in [1.54, 1.807) is 0 Å². The van der Waals surface area contributed by atoms with E-state index in [9.17, 15) is 0 Å². The maximum atomic E-state index is 2.55. The number of quaternary nitrogens is 1. The molecule has 3 aliphatic rings. The van der Waals surface area contributed by atoms with Crippen molar-refractivity contribution in [1.29, 1.82) is 0 Å². The van der Waals surface area contributed by atoms with Gasteiger partial charge in [0.25, 0.3) is 0 Å². The fourth-order valence-corrected chi connectivity index (χ4v) is 6.16. The smallest absolute Gasteiger partial charge is 0.119 e. The van der Waals surface area contributed by atoms with E-state index in [-0.39, 0.29) is 0 Å². The Balaban J connectivity index is 2.10. The lowest BCUT2D eigenvalue weighted by Crippen LogP contribution is -2.72. The van der Waals surface area contributed by atoms with E-state index in [0.29, 0.717) is 16.4 Å². The molecule has 1 nitrogen and oxygen atoms in total. The predicted octanol–water partition coefficient (Wildman–Crippen LogP) is 2.66. The number of hydrogen-bond donors (Lipinski definition) is 0. The van der Waals surface area contributed by atoms with E-state index in [1.165, 1.54) is 30.4 Å². The molecular weight excluding hydrogens is 170 g/mol. The van der Waals surface area contributed by atoms with Crippen molar-refractivity contribution in [3.05, 3.63) is 0 Å². The monoisotopic (exact) mass is 194 g/mol. The van der Waals surface area contributed by atoms with E-state index < -0.39 is 0 Å². The van der Waals surface area contributed by atoms with Gasteiger partial charge in [-0.3, -0.25) is 0 Å². The average Bonchev–Trinajstić information content (AvgIpc) is 2.37. The molecule has 14 heavy (non-hydrogen) atoms. The van der Waals surface area contributed by atoms with Crippen LogP contribution in [-0.2, 0) is 0 Å². The van der Waals surface area contributed by atoms with Crippen molar-refractivity contribution in [2.75, 3.05) is 20.1 Å². The van der Waals surface area contributed by atoms with Gasteiger partial charge in [-0.25, -0.2) is 0 Å². The Labute approximate surface area is 88.1 Å². The third-order valence-corrected chi connectivity index (χ3v) is 6.87. The predicted molar refractivity (Wildman–Crippen MR) is 58.9 cm³/mol. The molecule has 0 aromatic heterocycles. The third-order valence-electron chi connectivity index (χ3n) is 6.87. The molecular formula is C13H24N+. The first-order valence-electron chi connectivity index (χ1n) is 6.22. The summed E-state index contributed by atoms with van der Waals surface area (Å²) in [6.45, 7) is 12.7. The van der Waals surface area contributed by atoms with Crippen molar-refractivity contribution in [2.24, 2.45) is 16.7 Å². The van der Waals surface area contributed by atoms with Crippen LogP contribution in [0.15, 0.2) is 0 Å². The van der Waals surface area contributed by atoms with Gasteiger partial charge < -0.3 is 4.48 Å². The molecule has 3 fully saturated rings. The molecule has 2 aliphatic carbocycles. The van der Waals surface area contributed by atoms with Gasteiger partial charge in [0, 0.05) is 10.8 Å². The minimum atomic E-state index is 0.603. The lowest BCUT2D eigenvalue weighted by atomic mass is 9.77. The number of rotatable bonds is 1. The summed E-state index contributed by atoms with van der Waals surface area (Å²) in [6, 6.07) is 0. The maximum absolute atomic E-state index is 2.55. The van der Waals surface area contributed by atoms with E-state index in [0.717, 1.165) is 5.92 Å². The summed E-state index contributed by atoms with van der Waals surface area (Å²) in [4.78, 5) is 0. The Hall–Kier alpha value is -0.0400. The minimum Gasteiger partial charge on any atom is -0.320 e. The number of nitrogens with zero attached hydrogens (tertiary/aromatic N) is 1. The van der Waals surface area contributed by atoms with Gasteiger partial charge in [0.1, 0.15) is 5.54 Å². The van der Waals surface area contributed by atoms with Crippen LogP contribution in [0, 0.1) is 16.7 Å². The molecule has 1 aliphatic heterocycles. The van der Waals surface area contributed by atoms with Crippen molar-refractivity contribution in [1.82, 2.24) is 0 Å². The Morgan fingerprint density at radius 2 is 1.93 bits per heavy atom. The standard InChI is InChI=1S/C13H24N/c1-6-14(5)9-10-7-8-12(4)11(2,3)13(10,12)14/h10H,6-9H2,1-5H3/q+1. The Kier molecular flexibility index (Phi) is 1.27. The molecule has 1 saturated heterocycles. The molecule has 0 amide bonds. The zero-order valence-electron chi connectivity index (χ0n) is 10.4.